The second-order valence-electron chi connectivity index (χ2n) is 16.6. The molecule has 0 saturated heterocycles. The van der Waals surface area contributed by atoms with Crippen LogP contribution in [0.2, 0.25) is 0 Å². The lowest BCUT2D eigenvalue weighted by Crippen LogP contribution is -2.01. The summed E-state index contributed by atoms with van der Waals surface area (Å²) in [5.41, 5.74) is 19.5. The van der Waals surface area contributed by atoms with Gasteiger partial charge in [-0.15, -0.1) is 0 Å². The molecule has 5 heterocycles. The van der Waals surface area contributed by atoms with E-state index in [-0.39, 0.29) is 0 Å². The summed E-state index contributed by atoms with van der Waals surface area (Å²) in [6.07, 6.45) is 11.7. The summed E-state index contributed by atoms with van der Waals surface area (Å²) in [6, 6.07) is 64.8. The molecule has 0 saturated carbocycles. The zero-order chi connectivity index (χ0) is 42.0. The molecule has 5 aromatic heterocycles. The van der Waals surface area contributed by atoms with Crippen molar-refractivity contribution in [2.75, 3.05) is 0 Å². The summed E-state index contributed by atoms with van der Waals surface area (Å²) in [5.74, 6) is 0. The van der Waals surface area contributed by atoms with Gasteiger partial charge in [-0.3, -0.25) is 19.4 Å². The van der Waals surface area contributed by atoms with E-state index in [0.29, 0.717) is 0 Å². The predicted molar refractivity (Wildman–Crippen MR) is 259 cm³/mol. The zero-order valence-electron chi connectivity index (χ0n) is 35.0. The van der Waals surface area contributed by atoms with Crippen LogP contribution >= 0.6 is 0 Å². The third-order valence-corrected chi connectivity index (χ3v) is 12.4. The Morgan fingerprint density at radius 1 is 0.333 bits per heavy atom. The largest absolute Gasteiger partial charge is 0.292 e. The third kappa shape index (κ3) is 7.97. The van der Waals surface area contributed by atoms with E-state index in [2.05, 4.69) is 180 Å². The van der Waals surface area contributed by atoms with Gasteiger partial charge in [0.05, 0.1) is 33.5 Å². The maximum Gasteiger partial charge on any atom is 0.147 e. The Labute approximate surface area is 367 Å². The van der Waals surface area contributed by atoms with Crippen LogP contribution < -0.4 is 0 Å². The van der Waals surface area contributed by atoms with Crippen molar-refractivity contribution in [3.8, 4) is 33.6 Å². The zero-order valence-corrected chi connectivity index (χ0v) is 35.0. The Balaban J connectivity index is 0.887. The normalized spacial score (nSPS) is 11.6. The number of aromatic nitrogens is 5. The highest BCUT2D eigenvalue weighted by atomic mass is 15.0. The molecule has 0 aliphatic rings. The highest BCUT2D eigenvalue weighted by Crippen LogP contribution is 2.34. The standard InChI is InChI=1S/C58H45N5/c1-4-12-46(13-5-1)49-28-31-56-54(36-49)62-58-51-35-45(39-61-57(51)50-18-10-11-19-55(50)63(56)58)25-24-44-33-42(22-20-40-26-29-52(59-37-40)47-14-6-2-7-15-47)32-43(34-44)23-21-41-27-30-53(60-38-41)48-16-8-3-9-17-48/h1-19,26-39H,20-25H2. The van der Waals surface area contributed by atoms with Gasteiger partial charge in [0.25, 0.3) is 0 Å². The number of imidazole rings is 1. The van der Waals surface area contributed by atoms with E-state index in [0.717, 1.165) is 105 Å². The average molecular weight is 812 g/mol. The summed E-state index contributed by atoms with van der Waals surface area (Å²) in [7, 11) is 0. The summed E-state index contributed by atoms with van der Waals surface area (Å²) in [6.45, 7) is 0. The molecule has 6 aromatic carbocycles. The number of para-hydroxylation sites is 1. The molecule has 5 heteroatoms. The van der Waals surface area contributed by atoms with Crippen LogP contribution in [0.4, 0.5) is 0 Å². The minimum atomic E-state index is 0.874. The van der Waals surface area contributed by atoms with Crippen LogP contribution in [0.5, 0.6) is 0 Å². The van der Waals surface area contributed by atoms with Crippen LogP contribution in [0, 0.1) is 0 Å². The number of rotatable bonds is 12. The Morgan fingerprint density at radius 2 is 0.841 bits per heavy atom. The third-order valence-electron chi connectivity index (χ3n) is 12.4. The number of aryl methyl sites for hydroxylation is 6. The summed E-state index contributed by atoms with van der Waals surface area (Å²) in [5, 5.41) is 2.21. The predicted octanol–water partition coefficient (Wildman–Crippen LogP) is 13.3. The lowest BCUT2D eigenvalue weighted by atomic mass is 9.94. The minimum absolute atomic E-state index is 0.874. The number of hydrogen-bond acceptors (Lipinski definition) is 4. The average Bonchev–Trinajstić information content (AvgIpc) is 3.75. The Bertz CT molecular complexity index is 3250. The molecule has 0 aliphatic heterocycles. The molecule has 63 heavy (non-hydrogen) atoms. The van der Waals surface area contributed by atoms with Crippen LogP contribution in [0.15, 0.2) is 201 Å². The molecule has 0 aliphatic carbocycles. The van der Waals surface area contributed by atoms with Gasteiger partial charge in [-0.05, 0) is 119 Å². The first kappa shape index (κ1) is 38.2. The number of hydrogen-bond donors (Lipinski definition) is 0. The molecule has 0 radical (unpaired) electrons. The molecule has 0 fully saturated rings. The van der Waals surface area contributed by atoms with Gasteiger partial charge in [-0.2, -0.15) is 0 Å². The molecule has 11 aromatic rings. The van der Waals surface area contributed by atoms with Gasteiger partial charge in [0, 0.05) is 40.5 Å². The van der Waals surface area contributed by atoms with Crippen LogP contribution in [0.25, 0.3) is 72.1 Å². The van der Waals surface area contributed by atoms with Crippen LogP contribution in [-0.2, 0) is 38.5 Å². The highest BCUT2D eigenvalue weighted by Gasteiger charge is 2.16. The summed E-state index contributed by atoms with van der Waals surface area (Å²) in [4.78, 5) is 20.1. The van der Waals surface area contributed by atoms with Crippen molar-refractivity contribution < 1.29 is 0 Å². The molecule has 302 valence electrons. The van der Waals surface area contributed by atoms with Gasteiger partial charge in [-0.25, -0.2) is 4.98 Å². The van der Waals surface area contributed by atoms with E-state index in [1.54, 1.807) is 0 Å². The van der Waals surface area contributed by atoms with Crippen molar-refractivity contribution in [3.05, 3.63) is 234 Å². The first-order valence-corrected chi connectivity index (χ1v) is 22.0. The number of fused-ring (bicyclic) bond motifs is 8. The van der Waals surface area contributed by atoms with Crippen molar-refractivity contribution in [1.82, 2.24) is 24.3 Å². The molecule has 0 atom stereocenters. The van der Waals surface area contributed by atoms with Crippen LogP contribution in [-0.4, -0.2) is 24.3 Å². The van der Waals surface area contributed by atoms with Crippen molar-refractivity contribution in [1.29, 1.82) is 0 Å². The highest BCUT2D eigenvalue weighted by molar-refractivity contribution is 6.12. The monoisotopic (exact) mass is 811 g/mol. The quantitative estimate of drug-likeness (QED) is 0.115. The molecule has 0 amide bonds. The summed E-state index contributed by atoms with van der Waals surface area (Å²) < 4.78 is 2.32. The van der Waals surface area contributed by atoms with Gasteiger partial charge in [-0.1, -0.05) is 146 Å². The topological polar surface area (TPSA) is 56.0 Å². The van der Waals surface area contributed by atoms with Crippen LogP contribution in [0.1, 0.15) is 33.4 Å². The smallest absolute Gasteiger partial charge is 0.147 e. The van der Waals surface area contributed by atoms with E-state index in [4.69, 9.17) is 19.9 Å². The molecule has 11 rings (SSSR count). The van der Waals surface area contributed by atoms with Crippen molar-refractivity contribution >= 4 is 38.5 Å². The Morgan fingerprint density at radius 3 is 1.41 bits per heavy atom. The van der Waals surface area contributed by atoms with E-state index in [1.165, 1.54) is 38.9 Å². The molecule has 0 bridgehead atoms. The lowest BCUT2D eigenvalue weighted by Gasteiger charge is -2.12. The fourth-order valence-electron chi connectivity index (χ4n) is 9.06. The van der Waals surface area contributed by atoms with E-state index in [9.17, 15) is 0 Å². The van der Waals surface area contributed by atoms with Gasteiger partial charge in [0.1, 0.15) is 5.65 Å². The fourth-order valence-corrected chi connectivity index (χ4v) is 9.06. The van der Waals surface area contributed by atoms with E-state index < -0.39 is 0 Å². The molecular weight excluding hydrogens is 767 g/mol. The molecule has 0 unspecified atom stereocenters. The van der Waals surface area contributed by atoms with Crippen molar-refractivity contribution in [2.45, 2.75) is 38.5 Å². The number of pyridine rings is 4. The first-order chi connectivity index (χ1) is 31.2. The van der Waals surface area contributed by atoms with Gasteiger partial charge in [0.15, 0.2) is 0 Å². The SMILES string of the molecule is c1ccc(-c2ccc3c(c2)nc2c4cc(CCc5cc(CCc6ccc(-c7ccccc7)nc6)cc(CCc6ccc(-c7ccccc7)nc6)c5)cnc4c4ccccc4n32)cc1. The van der Waals surface area contributed by atoms with Crippen LogP contribution in [0.3, 0.4) is 0 Å². The second-order valence-corrected chi connectivity index (χ2v) is 16.6. The minimum Gasteiger partial charge on any atom is -0.292 e. The number of benzene rings is 6. The Hall–Kier alpha value is -7.76. The second kappa shape index (κ2) is 16.9. The number of nitrogens with zero attached hydrogens (tertiary/aromatic N) is 5. The molecule has 0 spiro atoms. The van der Waals surface area contributed by atoms with Crippen molar-refractivity contribution in [3.63, 3.8) is 0 Å². The fraction of sp³-hybridized carbons (Fsp3) is 0.103. The maximum atomic E-state index is 5.31. The van der Waals surface area contributed by atoms with Gasteiger partial charge < -0.3 is 0 Å². The Kier molecular flexibility index (Phi) is 10.3. The lowest BCUT2D eigenvalue weighted by molar-refractivity contribution is 0.898. The van der Waals surface area contributed by atoms with Gasteiger partial charge >= 0.3 is 0 Å². The molecular formula is C58H45N5. The maximum absolute atomic E-state index is 5.31. The van der Waals surface area contributed by atoms with E-state index >= 15 is 0 Å². The molecule has 5 nitrogen and oxygen atoms in total. The van der Waals surface area contributed by atoms with Gasteiger partial charge in [0.2, 0.25) is 0 Å². The summed E-state index contributed by atoms with van der Waals surface area (Å²) >= 11 is 0. The van der Waals surface area contributed by atoms with Crippen molar-refractivity contribution in [2.24, 2.45) is 0 Å². The first-order valence-electron chi connectivity index (χ1n) is 22.0. The van der Waals surface area contributed by atoms with E-state index in [1.807, 2.05) is 24.5 Å². The molecule has 0 N–H and O–H groups in total.